The van der Waals surface area contributed by atoms with Crippen LogP contribution in [0.1, 0.15) is 62.9 Å². The van der Waals surface area contributed by atoms with Crippen molar-refractivity contribution in [2.24, 2.45) is 5.92 Å². The van der Waals surface area contributed by atoms with Gasteiger partial charge < -0.3 is 20.3 Å². The molecule has 3 atom stereocenters. The molecule has 0 spiro atoms. The van der Waals surface area contributed by atoms with Crippen LogP contribution in [-0.2, 0) is 9.59 Å². The van der Waals surface area contributed by atoms with Gasteiger partial charge in [-0.15, -0.1) is 11.3 Å². The predicted molar refractivity (Wildman–Crippen MR) is 152 cm³/mol. The second-order valence-electron chi connectivity index (χ2n) is 10.5. The Morgan fingerprint density at radius 3 is 2.55 bits per heavy atom. The first-order valence-electron chi connectivity index (χ1n) is 13.8. The van der Waals surface area contributed by atoms with Crippen LogP contribution in [0.15, 0.2) is 41.8 Å². The number of likely N-dealkylation sites (tertiary alicyclic amines) is 1. The molecule has 1 saturated carbocycles. The standard InChI is InChI=1S/C30H38N4O3S/c1-19(31-2)28(35)33-27(20-10-5-4-6-11-20)30(36)34-17-9-14-25(34)29-32-24(18-38-29)22-15-16-26(37-3)23-13-8-7-12-21(22)23/h7-8,12-13,15-16,18-20,25,27,31H,4-6,9-11,14,17H2,1-3H3,(H,33,35)/t19-,25?,27-/m0/s1. The highest BCUT2D eigenvalue weighted by Crippen LogP contribution is 2.40. The first-order chi connectivity index (χ1) is 18.5. The van der Waals surface area contributed by atoms with Crippen molar-refractivity contribution in [3.05, 3.63) is 46.8 Å². The Hall–Kier alpha value is -2.97. The zero-order valence-corrected chi connectivity index (χ0v) is 23.4. The van der Waals surface area contributed by atoms with Crippen LogP contribution in [0.3, 0.4) is 0 Å². The van der Waals surface area contributed by atoms with Crippen LogP contribution in [0.2, 0.25) is 0 Å². The lowest BCUT2D eigenvalue weighted by Crippen LogP contribution is -2.55. The van der Waals surface area contributed by atoms with E-state index in [0.29, 0.717) is 6.54 Å². The van der Waals surface area contributed by atoms with Gasteiger partial charge in [0, 0.05) is 22.9 Å². The number of likely N-dealkylation sites (N-methyl/N-ethyl adjacent to an activating group) is 1. The number of fused-ring (bicyclic) bond motifs is 1. The van der Waals surface area contributed by atoms with Gasteiger partial charge in [-0.2, -0.15) is 0 Å². The summed E-state index contributed by atoms with van der Waals surface area (Å²) < 4.78 is 5.57. The second kappa shape index (κ2) is 11.8. The molecule has 1 aliphatic carbocycles. The summed E-state index contributed by atoms with van der Waals surface area (Å²) in [6.45, 7) is 2.53. The van der Waals surface area contributed by atoms with Gasteiger partial charge in [-0.05, 0) is 63.1 Å². The number of carbonyl (C=O) groups excluding carboxylic acids is 2. The van der Waals surface area contributed by atoms with Crippen LogP contribution in [0.25, 0.3) is 22.0 Å². The molecular formula is C30H38N4O3S. The number of aromatic nitrogens is 1. The van der Waals surface area contributed by atoms with Crippen LogP contribution >= 0.6 is 11.3 Å². The van der Waals surface area contributed by atoms with Gasteiger partial charge in [0.05, 0.1) is 24.9 Å². The number of nitrogens with one attached hydrogen (secondary N) is 2. The zero-order valence-electron chi connectivity index (χ0n) is 22.5. The molecule has 202 valence electrons. The van der Waals surface area contributed by atoms with Crippen molar-refractivity contribution in [3.8, 4) is 17.0 Å². The SMILES string of the molecule is CN[C@@H](C)C(=O)N[C@H](C(=O)N1CCCC1c1nc(-c2ccc(OC)c3ccccc23)cs1)C1CCCCC1. The maximum absolute atomic E-state index is 14.1. The van der Waals surface area contributed by atoms with Gasteiger partial charge in [0.2, 0.25) is 11.8 Å². The minimum absolute atomic E-state index is 0.0442. The van der Waals surface area contributed by atoms with E-state index < -0.39 is 6.04 Å². The van der Waals surface area contributed by atoms with Gasteiger partial charge in [0.25, 0.3) is 0 Å². The molecule has 0 bridgehead atoms. The Kier molecular flexibility index (Phi) is 8.29. The zero-order chi connectivity index (χ0) is 26.6. The fourth-order valence-corrected chi connectivity index (χ4v) is 6.93. The first kappa shape index (κ1) is 26.6. The lowest BCUT2D eigenvalue weighted by molar-refractivity contribution is -0.139. The van der Waals surface area contributed by atoms with Crippen molar-refractivity contribution in [2.45, 2.75) is 70.0 Å². The molecule has 38 heavy (non-hydrogen) atoms. The summed E-state index contributed by atoms with van der Waals surface area (Å²) in [5.74, 6) is 0.955. The van der Waals surface area contributed by atoms with Crippen molar-refractivity contribution in [1.82, 2.24) is 20.5 Å². The average Bonchev–Trinajstić information content (AvgIpc) is 3.65. The summed E-state index contributed by atoms with van der Waals surface area (Å²) in [6, 6.07) is 11.4. The van der Waals surface area contributed by atoms with Crippen molar-refractivity contribution in [1.29, 1.82) is 0 Å². The molecule has 0 radical (unpaired) electrons. The normalized spacial score (nSPS) is 19.9. The van der Waals surface area contributed by atoms with E-state index in [1.807, 2.05) is 30.0 Å². The summed E-state index contributed by atoms with van der Waals surface area (Å²) in [6.07, 6.45) is 7.22. The maximum atomic E-state index is 14.1. The molecule has 3 aromatic rings. The molecule has 7 nitrogen and oxygen atoms in total. The third kappa shape index (κ3) is 5.29. The summed E-state index contributed by atoms with van der Waals surface area (Å²) in [4.78, 5) is 33.9. The van der Waals surface area contributed by atoms with Crippen molar-refractivity contribution in [2.75, 3.05) is 20.7 Å². The molecule has 2 heterocycles. The number of amides is 2. The number of hydrogen-bond donors (Lipinski definition) is 2. The van der Waals surface area contributed by atoms with Crippen molar-refractivity contribution >= 4 is 33.9 Å². The molecule has 1 saturated heterocycles. The van der Waals surface area contributed by atoms with E-state index >= 15 is 0 Å². The van der Waals surface area contributed by atoms with Crippen LogP contribution in [0.5, 0.6) is 5.75 Å². The average molecular weight is 535 g/mol. The third-order valence-electron chi connectivity index (χ3n) is 8.23. The van der Waals surface area contributed by atoms with Crippen molar-refractivity contribution < 1.29 is 14.3 Å². The van der Waals surface area contributed by atoms with Crippen LogP contribution in [-0.4, -0.2) is 54.5 Å². The Balaban J connectivity index is 1.41. The van der Waals surface area contributed by atoms with Gasteiger partial charge >= 0.3 is 0 Å². The maximum Gasteiger partial charge on any atom is 0.246 e. The van der Waals surface area contributed by atoms with E-state index in [1.165, 1.54) is 6.42 Å². The van der Waals surface area contributed by atoms with Gasteiger partial charge in [0.15, 0.2) is 0 Å². The van der Waals surface area contributed by atoms with E-state index in [9.17, 15) is 9.59 Å². The first-order valence-corrected chi connectivity index (χ1v) is 14.7. The fourth-order valence-electron chi connectivity index (χ4n) is 5.96. The molecule has 2 fully saturated rings. The Labute approximate surface area is 229 Å². The van der Waals surface area contributed by atoms with Gasteiger partial charge in [-0.1, -0.05) is 43.5 Å². The van der Waals surface area contributed by atoms with Gasteiger partial charge in [-0.25, -0.2) is 4.98 Å². The molecule has 5 rings (SSSR count). The molecule has 2 aliphatic rings. The molecule has 1 unspecified atom stereocenters. The predicted octanol–water partition coefficient (Wildman–Crippen LogP) is 5.31. The quantitative estimate of drug-likeness (QED) is 0.409. The Morgan fingerprint density at radius 1 is 1.05 bits per heavy atom. The highest BCUT2D eigenvalue weighted by molar-refractivity contribution is 7.10. The van der Waals surface area contributed by atoms with E-state index in [1.54, 1.807) is 25.5 Å². The summed E-state index contributed by atoms with van der Waals surface area (Å²) in [5.41, 5.74) is 1.98. The van der Waals surface area contributed by atoms with Gasteiger partial charge in [0.1, 0.15) is 16.8 Å². The number of hydrogen-bond acceptors (Lipinski definition) is 6. The topological polar surface area (TPSA) is 83.6 Å². The van der Waals surface area contributed by atoms with E-state index in [-0.39, 0.29) is 29.8 Å². The molecule has 2 aromatic carbocycles. The highest BCUT2D eigenvalue weighted by atomic mass is 32.1. The number of ether oxygens (including phenoxy) is 1. The smallest absolute Gasteiger partial charge is 0.246 e. The van der Waals surface area contributed by atoms with E-state index in [0.717, 1.165) is 71.3 Å². The number of nitrogens with zero attached hydrogens (tertiary/aromatic N) is 2. The summed E-state index contributed by atoms with van der Waals surface area (Å²) in [7, 11) is 3.46. The van der Waals surface area contributed by atoms with Crippen LogP contribution in [0, 0.1) is 5.92 Å². The fraction of sp³-hybridized carbons (Fsp3) is 0.500. The molecular weight excluding hydrogens is 496 g/mol. The number of benzene rings is 2. The molecule has 8 heteroatoms. The van der Waals surface area contributed by atoms with Crippen molar-refractivity contribution in [3.63, 3.8) is 0 Å². The lowest BCUT2D eigenvalue weighted by atomic mass is 9.83. The summed E-state index contributed by atoms with van der Waals surface area (Å²) >= 11 is 1.62. The molecule has 2 N–H and O–H groups in total. The highest BCUT2D eigenvalue weighted by Gasteiger charge is 2.40. The minimum atomic E-state index is -0.482. The molecule has 1 aliphatic heterocycles. The number of methoxy groups -OCH3 is 1. The summed E-state index contributed by atoms with van der Waals surface area (Å²) in [5, 5.41) is 11.3. The van der Waals surface area contributed by atoms with E-state index in [2.05, 4.69) is 34.2 Å². The van der Waals surface area contributed by atoms with E-state index in [4.69, 9.17) is 9.72 Å². The van der Waals surface area contributed by atoms with Gasteiger partial charge in [-0.3, -0.25) is 9.59 Å². The van der Waals surface area contributed by atoms with Crippen LogP contribution < -0.4 is 15.4 Å². The molecule has 1 aromatic heterocycles. The molecule has 2 amide bonds. The lowest BCUT2D eigenvalue weighted by Gasteiger charge is -2.35. The third-order valence-corrected chi connectivity index (χ3v) is 9.18. The number of thiazole rings is 1. The largest absolute Gasteiger partial charge is 0.496 e. The second-order valence-corrected chi connectivity index (χ2v) is 11.4. The Morgan fingerprint density at radius 2 is 1.82 bits per heavy atom. The minimum Gasteiger partial charge on any atom is -0.496 e. The monoisotopic (exact) mass is 534 g/mol. The Bertz CT molecular complexity index is 1290. The number of rotatable bonds is 8. The van der Waals surface area contributed by atoms with Crippen LogP contribution in [0.4, 0.5) is 0 Å². The number of carbonyl (C=O) groups is 2.